The molecule has 1 saturated heterocycles. The molecule has 25 heavy (non-hydrogen) atoms. The van der Waals surface area contributed by atoms with Crippen molar-refractivity contribution in [3.8, 4) is 11.3 Å². The molecule has 1 aliphatic rings. The third-order valence-electron chi connectivity index (χ3n) is 4.92. The molecule has 0 aliphatic carbocycles. The number of amides is 1. The summed E-state index contributed by atoms with van der Waals surface area (Å²) in [5.74, 6) is 0.243. The second kappa shape index (κ2) is 7.00. The van der Waals surface area contributed by atoms with Gasteiger partial charge in [-0.2, -0.15) is 0 Å². The van der Waals surface area contributed by atoms with Crippen LogP contribution >= 0.6 is 11.3 Å². The highest BCUT2D eigenvalue weighted by atomic mass is 32.1. The van der Waals surface area contributed by atoms with Crippen LogP contribution in [0, 0.1) is 6.92 Å². The molecule has 3 aromatic rings. The lowest BCUT2D eigenvalue weighted by atomic mass is 10.1. The van der Waals surface area contributed by atoms with Gasteiger partial charge in [-0.3, -0.25) is 9.20 Å². The Hall–Kier alpha value is -2.14. The van der Waals surface area contributed by atoms with Crippen LogP contribution in [0.5, 0.6) is 0 Å². The van der Waals surface area contributed by atoms with Gasteiger partial charge in [0, 0.05) is 35.9 Å². The van der Waals surface area contributed by atoms with Crippen LogP contribution in [-0.4, -0.2) is 33.3 Å². The van der Waals surface area contributed by atoms with Crippen LogP contribution in [0.3, 0.4) is 0 Å². The number of hydrogen-bond donors (Lipinski definition) is 0. The van der Waals surface area contributed by atoms with Gasteiger partial charge in [0.15, 0.2) is 4.96 Å². The number of thiazole rings is 1. The number of benzene rings is 1. The topological polar surface area (TPSA) is 37.6 Å². The Morgan fingerprint density at radius 3 is 2.56 bits per heavy atom. The van der Waals surface area contributed by atoms with Crippen molar-refractivity contribution in [2.75, 3.05) is 13.1 Å². The van der Waals surface area contributed by atoms with E-state index in [0.29, 0.717) is 6.42 Å². The molecule has 1 aromatic carbocycles. The number of carbonyl (C=O) groups is 1. The van der Waals surface area contributed by atoms with Crippen molar-refractivity contribution in [1.82, 2.24) is 14.3 Å². The molecule has 0 atom stereocenters. The largest absolute Gasteiger partial charge is 0.342 e. The maximum absolute atomic E-state index is 12.7. The van der Waals surface area contributed by atoms with Gasteiger partial charge in [-0.1, -0.05) is 42.7 Å². The van der Waals surface area contributed by atoms with Gasteiger partial charge < -0.3 is 4.90 Å². The first kappa shape index (κ1) is 16.3. The van der Waals surface area contributed by atoms with Crippen molar-refractivity contribution in [2.45, 2.75) is 39.0 Å². The predicted molar refractivity (Wildman–Crippen MR) is 102 cm³/mol. The molecule has 0 spiro atoms. The van der Waals surface area contributed by atoms with Crippen LogP contribution in [-0.2, 0) is 11.2 Å². The van der Waals surface area contributed by atoms with E-state index in [1.807, 2.05) is 4.90 Å². The minimum Gasteiger partial charge on any atom is -0.342 e. The van der Waals surface area contributed by atoms with Crippen LogP contribution in [0.2, 0.25) is 0 Å². The van der Waals surface area contributed by atoms with Gasteiger partial charge in [0.05, 0.1) is 12.1 Å². The third kappa shape index (κ3) is 3.47. The van der Waals surface area contributed by atoms with Crippen LogP contribution < -0.4 is 0 Å². The van der Waals surface area contributed by atoms with Crippen molar-refractivity contribution in [1.29, 1.82) is 0 Å². The molecule has 1 amide bonds. The number of fused-ring (bicyclic) bond motifs is 1. The summed E-state index contributed by atoms with van der Waals surface area (Å²) >= 11 is 1.61. The minimum atomic E-state index is 0.243. The van der Waals surface area contributed by atoms with E-state index in [4.69, 9.17) is 4.98 Å². The minimum absolute atomic E-state index is 0.243. The molecule has 0 unspecified atom stereocenters. The molecule has 130 valence electrons. The molecular weight excluding hydrogens is 330 g/mol. The van der Waals surface area contributed by atoms with Gasteiger partial charge in [0.1, 0.15) is 0 Å². The standard InChI is InChI=1S/C20H23N3OS/c1-15-6-8-16(9-7-15)18-13-23-17(14-25-20(23)21-18)12-19(24)22-10-4-2-3-5-11-22/h6-9,13-14H,2-5,10-12H2,1H3. The fraction of sp³-hybridized carbons (Fsp3) is 0.400. The number of likely N-dealkylation sites (tertiary alicyclic amines) is 1. The van der Waals surface area contributed by atoms with Crippen molar-refractivity contribution in [3.63, 3.8) is 0 Å². The first-order valence-electron chi connectivity index (χ1n) is 9.01. The fourth-order valence-electron chi connectivity index (χ4n) is 3.41. The van der Waals surface area contributed by atoms with E-state index in [0.717, 1.165) is 47.8 Å². The fourth-order valence-corrected chi connectivity index (χ4v) is 4.28. The molecular formula is C20H23N3OS. The SMILES string of the molecule is Cc1ccc(-c2cn3c(CC(=O)N4CCCCCC4)csc3n2)cc1. The third-order valence-corrected chi connectivity index (χ3v) is 5.81. The molecule has 0 radical (unpaired) electrons. The van der Waals surface area contributed by atoms with Crippen molar-refractivity contribution >= 4 is 22.2 Å². The Labute approximate surface area is 152 Å². The lowest BCUT2D eigenvalue weighted by Crippen LogP contribution is -2.33. The Morgan fingerprint density at radius 2 is 1.84 bits per heavy atom. The highest BCUT2D eigenvalue weighted by Crippen LogP contribution is 2.24. The summed E-state index contributed by atoms with van der Waals surface area (Å²) < 4.78 is 2.08. The number of imidazole rings is 1. The van der Waals surface area contributed by atoms with Crippen molar-refractivity contribution in [2.24, 2.45) is 0 Å². The second-order valence-electron chi connectivity index (χ2n) is 6.84. The number of rotatable bonds is 3. The average Bonchev–Trinajstić information content (AvgIpc) is 3.06. The lowest BCUT2D eigenvalue weighted by molar-refractivity contribution is -0.130. The number of hydrogen-bond acceptors (Lipinski definition) is 3. The zero-order valence-electron chi connectivity index (χ0n) is 14.6. The first-order valence-corrected chi connectivity index (χ1v) is 9.89. The maximum Gasteiger partial charge on any atom is 0.228 e. The average molecular weight is 353 g/mol. The van der Waals surface area contributed by atoms with E-state index in [2.05, 4.69) is 47.2 Å². The Bertz CT molecular complexity index is 870. The highest BCUT2D eigenvalue weighted by Gasteiger charge is 2.18. The van der Waals surface area contributed by atoms with E-state index >= 15 is 0 Å². The van der Waals surface area contributed by atoms with Gasteiger partial charge in [0.2, 0.25) is 5.91 Å². The van der Waals surface area contributed by atoms with Crippen molar-refractivity contribution < 1.29 is 4.79 Å². The Kier molecular flexibility index (Phi) is 4.57. The second-order valence-corrected chi connectivity index (χ2v) is 7.68. The zero-order chi connectivity index (χ0) is 17.2. The van der Waals surface area contributed by atoms with Crippen LogP contribution in [0.15, 0.2) is 35.8 Å². The predicted octanol–water partition coefficient (Wildman–Crippen LogP) is 4.32. The summed E-state index contributed by atoms with van der Waals surface area (Å²) in [6.45, 7) is 3.90. The number of aromatic nitrogens is 2. The van der Waals surface area contributed by atoms with Gasteiger partial charge in [0.25, 0.3) is 0 Å². The van der Waals surface area contributed by atoms with Crippen molar-refractivity contribution in [3.05, 3.63) is 47.1 Å². The van der Waals surface area contributed by atoms with E-state index in [-0.39, 0.29) is 5.91 Å². The monoisotopic (exact) mass is 353 g/mol. The van der Waals surface area contributed by atoms with E-state index in [1.54, 1.807) is 11.3 Å². The number of nitrogens with zero attached hydrogens (tertiary/aromatic N) is 3. The molecule has 5 heteroatoms. The van der Waals surface area contributed by atoms with Gasteiger partial charge in [-0.25, -0.2) is 4.98 Å². The van der Waals surface area contributed by atoms with Crippen LogP contribution in [0.4, 0.5) is 0 Å². The number of carbonyl (C=O) groups excluding carboxylic acids is 1. The van der Waals surface area contributed by atoms with E-state index < -0.39 is 0 Å². The lowest BCUT2D eigenvalue weighted by Gasteiger charge is -2.19. The molecule has 2 aromatic heterocycles. The maximum atomic E-state index is 12.7. The quantitative estimate of drug-likeness (QED) is 0.703. The smallest absolute Gasteiger partial charge is 0.228 e. The van der Waals surface area contributed by atoms with Gasteiger partial charge in [-0.15, -0.1) is 11.3 Å². The molecule has 3 heterocycles. The molecule has 0 saturated carbocycles. The molecule has 0 bridgehead atoms. The van der Waals surface area contributed by atoms with E-state index in [1.165, 1.54) is 18.4 Å². The van der Waals surface area contributed by atoms with E-state index in [9.17, 15) is 4.79 Å². The molecule has 1 aliphatic heterocycles. The summed E-state index contributed by atoms with van der Waals surface area (Å²) in [6.07, 6.45) is 7.27. The zero-order valence-corrected chi connectivity index (χ0v) is 15.4. The van der Waals surface area contributed by atoms with Gasteiger partial charge in [-0.05, 0) is 19.8 Å². The highest BCUT2D eigenvalue weighted by molar-refractivity contribution is 7.15. The summed E-state index contributed by atoms with van der Waals surface area (Å²) in [6, 6.07) is 8.41. The first-order chi connectivity index (χ1) is 12.2. The summed E-state index contributed by atoms with van der Waals surface area (Å²) in [7, 11) is 0. The van der Waals surface area contributed by atoms with Crippen LogP contribution in [0.25, 0.3) is 16.2 Å². The Balaban J connectivity index is 1.56. The Morgan fingerprint density at radius 1 is 1.12 bits per heavy atom. The number of aryl methyl sites for hydroxylation is 1. The summed E-state index contributed by atoms with van der Waals surface area (Å²) in [4.78, 5) is 20.4. The van der Waals surface area contributed by atoms with Gasteiger partial charge >= 0.3 is 0 Å². The summed E-state index contributed by atoms with van der Waals surface area (Å²) in [5.41, 5.74) is 4.37. The summed E-state index contributed by atoms with van der Waals surface area (Å²) in [5, 5.41) is 2.07. The molecule has 1 fully saturated rings. The molecule has 0 N–H and O–H groups in total. The molecule has 4 nitrogen and oxygen atoms in total. The van der Waals surface area contributed by atoms with Crippen LogP contribution in [0.1, 0.15) is 36.9 Å². The molecule has 4 rings (SSSR count). The normalized spacial score (nSPS) is 15.5.